The third-order valence-electron chi connectivity index (χ3n) is 4.04. The molecule has 0 aliphatic carbocycles. The van der Waals surface area contributed by atoms with E-state index >= 15 is 0 Å². The molecule has 124 valence electrons. The van der Waals surface area contributed by atoms with Crippen LogP contribution < -0.4 is 10.2 Å². The van der Waals surface area contributed by atoms with Crippen molar-refractivity contribution in [2.24, 2.45) is 5.92 Å². The number of carbonyl (C=O) groups is 2. The van der Waals surface area contributed by atoms with Crippen LogP contribution >= 0.6 is 11.6 Å². The number of nitrogens with zero attached hydrogens (tertiary/aromatic N) is 1. The molecule has 0 saturated carbocycles. The lowest BCUT2D eigenvalue weighted by Gasteiger charge is -2.16. The Bertz CT molecular complexity index is 747. The van der Waals surface area contributed by atoms with Gasteiger partial charge in [-0.3, -0.25) is 9.59 Å². The van der Waals surface area contributed by atoms with Gasteiger partial charge >= 0.3 is 0 Å². The number of rotatable bonds is 4. The minimum atomic E-state index is -0.693. The first kappa shape index (κ1) is 16.5. The van der Waals surface area contributed by atoms with Crippen molar-refractivity contribution in [3.63, 3.8) is 0 Å². The molecule has 2 amide bonds. The Morgan fingerprint density at radius 3 is 2.50 bits per heavy atom. The third-order valence-corrected chi connectivity index (χ3v) is 4.29. The van der Waals surface area contributed by atoms with Crippen LogP contribution in [0.5, 0.6) is 0 Å². The van der Waals surface area contributed by atoms with E-state index < -0.39 is 5.92 Å². The molecule has 2 aromatic carbocycles. The fraction of sp³-hybridized carbons (Fsp3) is 0.222. The molecule has 0 spiro atoms. The second-order valence-electron chi connectivity index (χ2n) is 5.65. The lowest BCUT2D eigenvalue weighted by atomic mass is 10.1. The van der Waals surface area contributed by atoms with Crippen LogP contribution in [-0.4, -0.2) is 18.4 Å². The monoisotopic (exact) mass is 346 g/mol. The van der Waals surface area contributed by atoms with Gasteiger partial charge in [0.1, 0.15) is 11.7 Å². The second kappa shape index (κ2) is 7.01. The Hall–Kier alpha value is -2.40. The first-order valence-electron chi connectivity index (χ1n) is 7.64. The maximum atomic E-state index is 12.9. The summed E-state index contributed by atoms with van der Waals surface area (Å²) in [6.45, 7) is 0.763. The Balaban J connectivity index is 1.61. The van der Waals surface area contributed by atoms with Gasteiger partial charge in [-0.15, -0.1) is 0 Å². The fourth-order valence-corrected chi connectivity index (χ4v) is 2.84. The number of hydrogen-bond donors (Lipinski definition) is 1. The largest absolute Gasteiger partial charge is 0.351 e. The van der Waals surface area contributed by atoms with Crippen LogP contribution in [0.4, 0.5) is 10.1 Å². The molecule has 1 aliphatic rings. The summed E-state index contributed by atoms with van der Waals surface area (Å²) in [4.78, 5) is 26.3. The molecule has 0 bridgehead atoms. The summed E-state index contributed by atoms with van der Waals surface area (Å²) < 4.78 is 12.9. The smallest absolute Gasteiger partial charge is 0.239 e. The second-order valence-corrected chi connectivity index (χ2v) is 6.09. The zero-order valence-corrected chi connectivity index (χ0v) is 13.6. The van der Waals surface area contributed by atoms with Crippen LogP contribution in [0.3, 0.4) is 0 Å². The van der Waals surface area contributed by atoms with Gasteiger partial charge in [0.25, 0.3) is 0 Å². The van der Waals surface area contributed by atoms with Crippen molar-refractivity contribution in [3.05, 3.63) is 64.9 Å². The van der Waals surface area contributed by atoms with E-state index in [-0.39, 0.29) is 24.2 Å². The molecule has 1 saturated heterocycles. The SMILES string of the molecule is O=C(NCc1ccc(F)cc1)[C@@H]1CCN(c2ccc(Cl)cc2)C1=O. The standard InChI is InChI=1S/C18H16ClFN2O2/c19-13-3-7-15(8-4-13)22-10-9-16(18(22)24)17(23)21-11-12-1-5-14(20)6-2-12/h1-8,16H,9-11H2,(H,21,23)/t16-/m0/s1. The van der Waals surface area contributed by atoms with E-state index in [9.17, 15) is 14.0 Å². The molecule has 3 rings (SSSR count). The van der Waals surface area contributed by atoms with E-state index in [0.717, 1.165) is 11.3 Å². The van der Waals surface area contributed by atoms with Crippen molar-refractivity contribution in [2.45, 2.75) is 13.0 Å². The summed E-state index contributed by atoms with van der Waals surface area (Å²) in [5, 5.41) is 3.34. The Morgan fingerprint density at radius 1 is 1.17 bits per heavy atom. The van der Waals surface area contributed by atoms with Gasteiger partial charge in [-0.25, -0.2) is 4.39 Å². The molecule has 1 aliphatic heterocycles. The number of nitrogens with one attached hydrogen (secondary N) is 1. The molecule has 1 N–H and O–H groups in total. The molecule has 0 radical (unpaired) electrons. The Kier molecular flexibility index (Phi) is 4.81. The summed E-state index contributed by atoms with van der Waals surface area (Å²) in [6, 6.07) is 12.8. The first-order valence-corrected chi connectivity index (χ1v) is 8.01. The normalized spacial score (nSPS) is 17.2. The van der Waals surface area contributed by atoms with E-state index in [1.54, 1.807) is 41.3 Å². The van der Waals surface area contributed by atoms with Crippen molar-refractivity contribution >= 4 is 29.1 Å². The highest BCUT2D eigenvalue weighted by atomic mass is 35.5. The molecule has 24 heavy (non-hydrogen) atoms. The Labute approximate surface area is 144 Å². The zero-order chi connectivity index (χ0) is 17.1. The van der Waals surface area contributed by atoms with Crippen LogP contribution in [-0.2, 0) is 16.1 Å². The number of hydrogen-bond acceptors (Lipinski definition) is 2. The predicted octanol–water partition coefficient (Wildman–Crippen LogP) is 3.15. The fourth-order valence-electron chi connectivity index (χ4n) is 2.72. The van der Waals surface area contributed by atoms with Gasteiger partial charge in [0.05, 0.1) is 0 Å². The minimum Gasteiger partial charge on any atom is -0.351 e. The van der Waals surface area contributed by atoms with Crippen molar-refractivity contribution in [3.8, 4) is 0 Å². The molecule has 1 fully saturated rings. The minimum absolute atomic E-state index is 0.214. The van der Waals surface area contributed by atoms with E-state index in [1.807, 2.05) is 0 Å². The van der Waals surface area contributed by atoms with Crippen LogP contribution in [0, 0.1) is 11.7 Å². The predicted molar refractivity (Wildman–Crippen MR) is 90.2 cm³/mol. The number of benzene rings is 2. The van der Waals surface area contributed by atoms with Crippen LogP contribution in [0.15, 0.2) is 48.5 Å². The van der Waals surface area contributed by atoms with Gasteiger partial charge in [-0.05, 0) is 48.4 Å². The first-order chi connectivity index (χ1) is 11.5. The van der Waals surface area contributed by atoms with Gasteiger partial charge in [-0.1, -0.05) is 23.7 Å². The third kappa shape index (κ3) is 3.57. The van der Waals surface area contributed by atoms with Gasteiger partial charge in [0, 0.05) is 23.8 Å². The molecule has 1 atom stereocenters. The van der Waals surface area contributed by atoms with Gasteiger partial charge in [0.2, 0.25) is 11.8 Å². The van der Waals surface area contributed by atoms with Crippen molar-refractivity contribution < 1.29 is 14.0 Å². The number of anilines is 1. The maximum Gasteiger partial charge on any atom is 0.239 e. The summed E-state index contributed by atoms with van der Waals surface area (Å²) >= 11 is 5.85. The average molecular weight is 347 g/mol. The molecule has 2 aromatic rings. The number of amides is 2. The van der Waals surface area contributed by atoms with Gasteiger partial charge in [-0.2, -0.15) is 0 Å². The lowest BCUT2D eigenvalue weighted by molar-refractivity contribution is -0.132. The molecule has 0 aromatic heterocycles. The van der Waals surface area contributed by atoms with E-state index in [0.29, 0.717) is 18.0 Å². The summed E-state index contributed by atoms with van der Waals surface area (Å²) in [6.07, 6.45) is 0.469. The van der Waals surface area contributed by atoms with Crippen molar-refractivity contribution in [1.29, 1.82) is 0 Å². The van der Waals surface area contributed by atoms with Crippen molar-refractivity contribution in [2.75, 3.05) is 11.4 Å². The summed E-state index contributed by atoms with van der Waals surface area (Å²) in [5.74, 6) is -1.54. The maximum absolute atomic E-state index is 12.9. The number of carbonyl (C=O) groups excluding carboxylic acids is 2. The zero-order valence-electron chi connectivity index (χ0n) is 12.8. The van der Waals surface area contributed by atoms with Crippen LogP contribution in [0.25, 0.3) is 0 Å². The van der Waals surface area contributed by atoms with E-state index in [4.69, 9.17) is 11.6 Å². The quantitative estimate of drug-likeness (QED) is 0.865. The van der Waals surface area contributed by atoms with Gasteiger partial charge in [0.15, 0.2) is 0 Å². The Morgan fingerprint density at radius 2 is 1.83 bits per heavy atom. The molecule has 4 nitrogen and oxygen atoms in total. The van der Waals surface area contributed by atoms with E-state index in [1.165, 1.54) is 12.1 Å². The summed E-state index contributed by atoms with van der Waals surface area (Å²) in [5.41, 5.74) is 1.52. The summed E-state index contributed by atoms with van der Waals surface area (Å²) in [7, 11) is 0. The van der Waals surface area contributed by atoms with Crippen LogP contribution in [0.1, 0.15) is 12.0 Å². The highest BCUT2D eigenvalue weighted by molar-refractivity contribution is 6.30. The molecule has 6 heteroatoms. The van der Waals surface area contributed by atoms with Crippen LogP contribution in [0.2, 0.25) is 5.02 Å². The molecular formula is C18H16ClFN2O2. The highest BCUT2D eigenvalue weighted by Crippen LogP contribution is 2.26. The van der Waals surface area contributed by atoms with Crippen molar-refractivity contribution in [1.82, 2.24) is 5.32 Å². The highest BCUT2D eigenvalue weighted by Gasteiger charge is 2.37. The topological polar surface area (TPSA) is 49.4 Å². The molecular weight excluding hydrogens is 331 g/mol. The lowest BCUT2D eigenvalue weighted by Crippen LogP contribution is -2.36. The average Bonchev–Trinajstić information content (AvgIpc) is 2.96. The van der Waals surface area contributed by atoms with E-state index in [2.05, 4.69) is 5.32 Å². The molecule has 0 unspecified atom stereocenters. The van der Waals surface area contributed by atoms with Gasteiger partial charge < -0.3 is 10.2 Å². The number of halogens is 2. The molecule has 1 heterocycles.